The van der Waals surface area contributed by atoms with Crippen LogP contribution in [-0.2, 0) is 7.05 Å². The molecule has 0 atom stereocenters. The Morgan fingerprint density at radius 3 is 2.54 bits per heavy atom. The summed E-state index contributed by atoms with van der Waals surface area (Å²) in [5, 5.41) is 7.02. The number of nitrogens with zero attached hydrogens (tertiary/aromatic N) is 5. The Kier molecular flexibility index (Phi) is 3.44. The molecule has 3 aromatic rings. The molecule has 26 heavy (non-hydrogen) atoms. The van der Waals surface area contributed by atoms with Crippen molar-refractivity contribution in [1.29, 1.82) is 0 Å². The van der Waals surface area contributed by atoms with Gasteiger partial charge in [-0.1, -0.05) is 0 Å². The lowest BCUT2D eigenvalue weighted by molar-refractivity contribution is 0.566. The number of hydrogen-bond acceptors (Lipinski definition) is 7. The molecule has 2 fully saturated rings. The number of nitrogens with one attached hydrogen (secondary N) is 2. The molecule has 0 unspecified atom stereocenters. The zero-order valence-electron chi connectivity index (χ0n) is 14.7. The summed E-state index contributed by atoms with van der Waals surface area (Å²) in [5.74, 6) is 3.54. The Balaban J connectivity index is 1.51. The van der Waals surface area contributed by atoms with Crippen LogP contribution >= 0.6 is 0 Å². The average Bonchev–Trinajstić information content (AvgIpc) is 3.53. The quantitative estimate of drug-likeness (QED) is 0.627. The zero-order valence-corrected chi connectivity index (χ0v) is 14.7. The molecule has 0 spiro atoms. The molecule has 0 amide bonds. The monoisotopic (exact) mass is 350 g/mol. The van der Waals surface area contributed by atoms with E-state index in [9.17, 15) is 0 Å². The third-order valence-corrected chi connectivity index (χ3v) is 5.19. The van der Waals surface area contributed by atoms with Gasteiger partial charge in [0.15, 0.2) is 5.65 Å². The lowest BCUT2D eigenvalue weighted by Gasteiger charge is -2.19. The number of aromatic nitrogens is 5. The summed E-state index contributed by atoms with van der Waals surface area (Å²) in [5.41, 5.74) is 8.28. The molecule has 3 aromatic heterocycles. The second-order valence-electron chi connectivity index (χ2n) is 7.38. The predicted molar refractivity (Wildman–Crippen MR) is 101 cm³/mol. The van der Waals surface area contributed by atoms with Crippen molar-refractivity contribution in [3.63, 3.8) is 0 Å². The molecule has 5 rings (SSSR count). The topological polar surface area (TPSA) is 107 Å². The van der Waals surface area contributed by atoms with Crippen molar-refractivity contribution in [3.8, 4) is 0 Å². The number of aryl methyl sites for hydroxylation is 1. The Morgan fingerprint density at radius 1 is 1.08 bits per heavy atom. The third-order valence-electron chi connectivity index (χ3n) is 5.19. The molecular formula is C18H22N8. The molecule has 2 aliphatic carbocycles. The minimum atomic E-state index is 0.426. The van der Waals surface area contributed by atoms with Gasteiger partial charge < -0.3 is 20.9 Å². The SMILES string of the molecule is Cn1cnc2c(Nc3cc(N)ncn3)cc(NC(C3CC3)C3CC3)nc21. The van der Waals surface area contributed by atoms with Crippen LogP contribution in [0, 0.1) is 11.8 Å². The fourth-order valence-corrected chi connectivity index (χ4v) is 3.55. The molecule has 2 saturated carbocycles. The van der Waals surface area contributed by atoms with Crippen molar-refractivity contribution in [1.82, 2.24) is 24.5 Å². The third kappa shape index (κ3) is 2.91. The van der Waals surface area contributed by atoms with E-state index in [2.05, 4.69) is 25.6 Å². The summed E-state index contributed by atoms with van der Waals surface area (Å²) in [4.78, 5) is 17.5. The van der Waals surface area contributed by atoms with Crippen LogP contribution in [0.4, 0.5) is 23.1 Å². The van der Waals surface area contributed by atoms with E-state index >= 15 is 0 Å². The fourth-order valence-electron chi connectivity index (χ4n) is 3.55. The van der Waals surface area contributed by atoms with Crippen LogP contribution in [0.25, 0.3) is 11.2 Å². The lowest BCUT2D eigenvalue weighted by Crippen LogP contribution is -2.24. The van der Waals surface area contributed by atoms with E-state index in [1.165, 1.54) is 32.0 Å². The highest BCUT2D eigenvalue weighted by atomic mass is 15.1. The molecule has 3 heterocycles. The minimum absolute atomic E-state index is 0.426. The number of anilines is 4. The number of nitrogens with two attached hydrogens (primary N) is 1. The van der Waals surface area contributed by atoms with Crippen LogP contribution in [0.15, 0.2) is 24.8 Å². The first-order valence-electron chi connectivity index (χ1n) is 9.10. The summed E-state index contributed by atoms with van der Waals surface area (Å²) in [6.07, 6.45) is 8.53. The molecule has 4 N–H and O–H groups in total. The van der Waals surface area contributed by atoms with E-state index in [0.29, 0.717) is 17.7 Å². The second kappa shape index (κ2) is 5.82. The predicted octanol–water partition coefficient (Wildman–Crippen LogP) is 2.68. The maximum Gasteiger partial charge on any atom is 0.164 e. The van der Waals surface area contributed by atoms with Crippen molar-refractivity contribution in [2.45, 2.75) is 31.7 Å². The summed E-state index contributed by atoms with van der Waals surface area (Å²) in [6, 6.07) is 4.26. The largest absolute Gasteiger partial charge is 0.384 e. The maximum atomic E-state index is 5.77. The Labute approximate surface area is 151 Å². The molecule has 8 heteroatoms. The maximum absolute atomic E-state index is 5.77. The highest BCUT2D eigenvalue weighted by Gasteiger charge is 2.41. The summed E-state index contributed by atoms with van der Waals surface area (Å²) in [7, 11) is 1.96. The molecule has 8 nitrogen and oxygen atoms in total. The van der Waals surface area contributed by atoms with Gasteiger partial charge in [-0.05, 0) is 37.5 Å². The first-order valence-corrected chi connectivity index (χ1v) is 9.10. The van der Waals surface area contributed by atoms with Gasteiger partial charge in [0, 0.05) is 25.2 Å². The minimum Gasteiger partial charge on any atom is -0.384 e. The van der Waals surface area contributed by atoms with E-state index in [1.807, 2.05) is 17.7 Å². The summed E-state index contributed by atoms with van der Waals surface area (Å²) < 4.78 is 1.93. The first-order chi connectivity index (χ1) is 12.7. The van der Waals surface area contributed by atoms with Gasteiger partial charge in [0.1, 0.15) is 29.3 Å². The number of imidazole rings is 1. The van der Waals surface area contributed by atoms with Gasteiger partial charge >= 0.3 is 0 Å². The molecule has 0 saturated heterocycles. The molecule has 0 aliphatic heterocycles. The molecule has 2 aliphatic rings. The van der Waals surface area contributed by atoms with E-state index < -0.39 is 0 Å². The molecule has 0 bridgehead atoms. The van der Waals surface area contributed by atoms with Crippen LogP contribution in [0.3, 0.4) is 0 Å². The molecular weight excluding hydrogens is 328 g/mol. The lowest BCUT2D eigenvalue weighted by atomic mass is 10.1. The highest BCUT2D eigenvalue weighted by Crippen LogP contribution is 2.46. The van der Waals surface area contributed by atoms with E-state index in [-0.39, 0.29) is 0 Å². The second-order valence-corrected chi connectivity index (χ2v) is 7.38. The van der Waals surface area contributed by atoms with E-state index in [1.54, 1.807) is 12.4 Å². The first kappa shape index (κ1) is 15.4. The Hall–Kier alpha value is -2.90. The smallest absolute Gasteiger partial charge is 0.164 e. The van der Waals surface area contributed by atoms with E-state index in [0.717, 1.165) is 34.5 Å². The van der Waals surface area contributed by atoms with Crippen LogP contribution in [0.2, 0.25) is 0 Å². The van der Waals surface area contributed by atoms with Crippen LogP contribution in [0.1, 0.15) is 25.7 Å². The van der Waals surface area contributed by atoms with Gasteiger partial charge in [-0.3, -0.25) is 0 Å². The van der Waals surface area contributed by atoms with Gasteiger partial charge in [0.2, 0.25) is 0 Å². The van der Waals surface area contributed by atoms with Gasteiger partial charge in [-0.2, -0.15) is 0 Å². The average molecular weight is 350 g/mol. The van der Waals surface area contributed by atoms with Crippen LogP contribution in [-0.4, -0.2) is 30.5 Å². The number of rotatable bonds is 6. The van der Waals surface area contributed by atoms with Crippen LogP contribution < -0.4 is 16.4 Å². The van der Waals surface area contributed by atoms with Crippen molar-refractivity contribution >= 4 is 34.3 Å². The van der Waals surface area contributed by atoms with E-state index in [4.69, 9.17) is 10.7 Å². The molecule has 0 radical (unpaired) electrons. The van der Waals surface area contributed by atoms with Gasteiger partial charge in [-0.25, -0.2) is 19.9 Å². The van der Waals surface area contributed by atoms with Crippen molar-refractivity contribution in [2.75, 3.05) is 16.4 Å². The van der Waals surface area contributed by atoms with Crippen molar-refractivity contribution < 1.29 is 0 Å². The number of hydrogen-bond donors (Lipinski definition) is 3. The zero-order chi connectivity index (χ0) is 17.7. The number of nitrogen functional groups attached to an aromatic ring is 1. The van der Waals surface area contributed by atoms with Gasteiger partial charge in [0.05, 0.1) is 12.0 Å². The molecule has 0 aromatic carbocycles. The highest BCUT2D eigenvalue weighted by molar-refractivity contribution is 5.89. The number of fused-ring (bicyclic) bond motifs is 1. The van der Waals surface area contributed by atoms with Gasteiger partial charge in [0.25, 0.3) is 0 Å². The van der Waals surface area contributed by atoms with Crippen molar-refractivity contribution in [3.05, 3.63) is 24.8 Å². The van der Waals surface area contributed by atoms with Crippen molar-refractivity contribution in [2.24, 2.45) is 18.9 Å². The number of pyridine rings is 1. The van der Waals surface area contributed by atoms with Crippen LogP contribution in [0.5, 0.6) is 0 Å². The fraction of sp³-hybridized carbons (Fsp3) is 0.444. The summed E-state index contributed by atoms with van der Waals surface area (Å²) >= 11 is 0. The standard InChI is InChI=1S/C18H22N8/c1-26-9-22-17-12(23-14-7-13(19)20-8-21-14)6-15(25-18(17)26)24-16(10-2-3-10)11-4-5-11/h6-11,16H,2-5H2,1H3,(H4,19,20,21,23,24,25). The Bertz CT molecular complexity index is 945. The normalized spacial score (nSPS) is 17.0. The Morgan fingerprint density at radius 2 is 1.85 bits per heavy atom. The summed E-state index contributed by atoms with van der Waals surface area (Å²) in [6.45, 7) is 0. The molecule has 134 valence electrons. The van der Waals surface area contributed by atoms with Gasteiger partial charge in [-0.15, -0.1) is 0 Å².